The maximum atomic E-state index is 12.3. The molecule has 1 aliphatic carbocycles. The number of piperazine rings is 1. The van der Waals surface area contributed by atoms with E-state index in [0.717, 1.165) is 12.8 Å². The largest absolute Gasteiger partial charge is 0.331 e. The SMILES string of the molecule is CN1CC(=O)N2CC3NC4CCC=CC4=C3C=C2C1=O. The second kappa shape index (κ2) is 4.06. The smallest absolute Gasteiger partial charge is 0.270 e. The Balaban J connectivity index is 1.81. The summed E-state index contributed by atoms with van der Waals surface area (Å²) in [6.07, 6.45) is 8.46. The first-order valence-corrected chi connectivity index (χ1v) is 7.09. The number of hydrogen-bond donors (Lipinski definition) is 1. The van der Waals surface area contributed by atoms with E-state index in [1.807, 2.05) is 6.08 Å². The van der Waals surface area contributed by atoms with Crippen LogP contribution in [0.3, 0.4) is 0 Å². The van der Waals surface area contributed by atoms with E-state index in [1.54, 1.807) is 11.9 Å². The molecule has 1 N–H and O–H groups in total. The number of fused-ring (bicyclic) bond motifs is 3. The lowest BCUT2D eigenvalue weighted by Crippen LogP contribution is -2.55. The lowest BCUT2D eigenvalue weighted by Gasteiger charge is -2.38. The van der Waals surface area contributed by atoms with Gasteiger partial charge >= 0.3 is 0 Å². The van der Waals surface area contributed by atoms with Crippen LogP contribution in [0, 0.1) is 0 Å². The second-order valence-corrected chi connectivity index (χ2v) is 5.86. The van der Waals surface area contributed by atoms with Crippen LogP contribution in [0.1, 0.15) is 12.8 Å². The van der Waals surface area contributed by atoms with E-state index in [1.165, 1.54) is 16.0 Å². The summed E-state index contributed by atoms with van der Waals surface area (Å²) in [6.45, 7) is 0.756. The molecule has 104 valence electrons. The molecular formula is C15H17N3O2. The fourth-order valence-electron chi connectivity index (χ4n) is 3.56. The summed E-state index contributed by atoms with van der Waals surface area (Å²) in [6, 6.07) is 0.544. The van der Waals surface area contributed by atoms with Gasteiger partial charge in [0, 0.05) is 19.6 Å². The highest BCUT2D eigenvalue weighted by molar-refractivity contribution is 6.03. The third kappa shape index (κ3) is 1.53. The van der Waals surface area contributed by atoms with Gasteiger partial charge < -0.3 is 15.1 Å². The maximum Gasteiger partial charge on any atom is 0.270 e. The van der Waals surface area contributed by atoms with E-state index in [0.29, 0.717) is 18.3 Å². The minimum absolute atomic E-state index is 0.00890. The molecule has 0 aromatic heterocycles. The van der Waals surface area contributed by atoms with Crippen molar-refractivity contribution in [3.8, 4) is 0 Å². The molecule has 5 nitrogen and oxygen atoms in total. The van der Waals surface area contributed by atoms with E-state index in [2.05, 4.69) is 17.5 Å². The van der Waals surface area contributed by atoms with E-state index in [-0.39, 0.29) is 24.4 Å². The van der Waals surface area contributed by atoms with Crippen LogP contribution in [0.4, 0.5) is 0 Å². The summed E-state index contributed by atoms with van der Waals surface area (Å²) in [4.78, 5) is 27.5. The summed E-state index contributed by atoms with van der Waals surface area (Å²) < 4.78 is 0. The van der Waals surface area contributed by atoms with E-state index in [4.69, 9.17) is 0 Å². The second-order valence-electron chi connectivity index (χ2n) is 5.86. The van der Waals surface area contributed by atoms with Crippen LogP contribution in [0.25, 0.3) is 0 Å². The standard InChI is InChI=1S/C15H17N3O2/c1-17-8-14(19)18-7-12-10(6-13(18)15(17)20)9-4-2-3-5-11(9)16-12/h2,4,6,11-12,16H,3,5,7-8H2,1H3. The van der Waals surface area contributed by atoms with Gasteiger partial charge in [0.2, 0.25) is 5.91 Å². The van der Waals surface area contributed by atoms with Gasteiger partial charge in [0.15, 0.2) is 0 Å². The molecule has 0 aromatic rings. The molecule has 0 aromatic carbocycles. The highest BCUT2D eigenvalue weighted by Gasteiger charge is 2.42. The molecule has 3 aliphatic heterocycles. The lowest BCUT2D eigenvalue weighted by atomic mass is 9.92. The Kier molecular flexibility index (Phi) is 2.41. The first kappa shape index (κ1) is 11.9. The molecule has 2 atom stereocenters. The van der Waals surface area contributed by atoms with Gasteiger partial charge in [-0.25, -0.2) is 0 Å². The molecule has 2 unspecified atom stereocenters. The molecule has 3 heterocycles. The molecule has 5 heteroatoms. The number of carbonyl (C=O) groups excluding carboxylic acids is 2. The number of allylic oxidation sites excluding steroid dienone is 1. The quantitative estimate of drug-likeness (QED) is 0.683. The number of amides is 2. The van der Waals surface area contributed by atoms with Crippen molar-refractivity contribution in [3.63, 3.8) is 0 Å². The molecular weight excluding hydrogens is 254 g/mol. The molecule has 0 spiro atoms. The van der Waals surface area contributed by atoms with Crippen LogP contribution < -0.4 is 5.32 Å². The number of nitrogens with zero attached hydrogens (tertiary/aromatic N) is 2. The van der Waals surface area contributed by atoms with Gasteiger partial charge in [-0.1, -0.05) is 12.2 Å². The zero-order valence-corrected chi connectivity index (χ0v) is 11.4. The Morgan fingerprint density at radius 3 is 2.95 bits per heavy atom. The van der Waals surface area contributed by atoms with Crippen LogP contribution in [0.2, 0.25) is 0 Å². The highest BCUT2D eigenvalue weighted by Crippen LogP contribution is 2.35. The highest BCUT2D eigenvalue weighted by atomic mass is 16.2. The Morgan fingerprint density at radius 1 is 1.25 bits per heavy atom. The van der Waals surface area contributed by atoms with Crippen molar-refractivity contribution >= 4 is 11.8 Å². The summed E-state index contributed by atoms with van der Waals surface area (Å²) in [5.41, 5.74) is 3.01. The van der Waals surface area contributed by atoms with Crippen molar-refractivity contribution in [2.75, 3.05) is 20.1 Å². The van der Waals surface area contributed by atoms with Gasteiger partial charge in [-0.3, -0.25) is 9.59 Å². The van der Waals surface area contributed by atoms with Gasteiger partial charge in [0.05, 0.1) is 6.04 Å². The van der Waals surface area contributed by atoms with Crippen LogP contribution in [0.5, 0.6) is 0 Å². The van der Waals surface area contributed by atoms with Crippen molar-refractivity contribution in [2.45, 2.75) is 24.9 Å². The van der Waals surface area contributed by atoms with Gasteiger partial charge in [0.25, 0.3) is 5.91 Å². The summed E-state index contributed by atoms with van der Waals surface area (Å²) >= 11 is 0. The fraction of sp³-hybridized carbons (Fsp3) is 0.467. The number of carbonyl (C=O) groups is 2. The van der Waals surface area contributed by atoms with Crippen molar-refractivity contribution in [3.05, 3.63) is 35.1 Å². The molecule has 1 saturated heterocycles. The van der Waals surface area contributed by atoms with Crippen molar-refractivity contribution in [1.29, 1.82) is 0 Å². The lowest BCUT2D eigenvalue weighted by molar-refractivity contribution is -0.144. The normalized spacial score (nSPS) is 32.1. The average Bonchev–Trinajstić information content (AvgIpc) is 2.81. The first-order chi connectivity index (χ1) is 9.65. The van der Waals surface area contributed by atoms with Crippen LogP contribution in [-0.4, -0.2) is 53.8 Å². The fourth-order valence-corrected chi connectivity index (χ4v) is 3.56. The monoisotopic (exact) mass is 271 g/mol. The topological polar surface area (TPSA) is 52.7 Å². The Labute approximate surface area is 117 Å². The molecule has 4 aliphatic rings. The molecule has 0 bridgehead atoms. The van der Waals surface area contributed by atoms with E-state index < -0.39 is 0 Å². The predicted molar refractivity (Wildman–Crippen MR) is 73.5 cm³/mol. The van der Waals surface area contributed by atoms with Gasteiger partial charge in [0.1, 0.15) is 12.2 Å². The molecule has 2 amide bonds. The zero-order chi connectivity index (χ0) is 13.9. The van der Waals surface area contributed by atoms with Crippen LogP contribution in [0.15, 0.2) is 35.1 Å². The van der Waals surface area contributed by atoms with Crippen molar-refractivity contribution < 1.29 is 9.59 Å². The van der Waals surface area contributed by atoms with Crippen molar-refractivity contribution in [2.24, 2.45) is 0 Å². The Bertz CT molecular complexity index is 602. The van der Waals surface area contributed by atoms with Gasteiger partial charge in [-0.15, -0.1) is 0 Å². The Hall–Kier alpha value is -1.88. The zero-order valence-electron chi connectivity index (χ0n) is 11.4. The van der Waals surface area contributed by atoms with Crippen LogP contribution in [-0.2, 0) is 9.59 Å². The van der Waals surface area contributed by atoms with Gasteiger partial charge in [-0.2, -0.15) is 0 Å². The van der Waals surface area contributed by atoms with Gasteiger partial charge in [-0.05, 0) is 30.1 Å². The number of likely N-dealkylation sites (N-methyl/N-ethyl adjacent to an activating group) is 1. The first-order valence-electron chi connectivity index (χ1n) is 7.09. The third-order valence-corrected chi connectivity index (χ3v) is 4.59. The third-order valence-electron chi connectivity index (χ3n) is 4.59. The summed E-state index contributed by atoms with van der Waals surface area (Å²) in [7, 11) is 1.68. The van der Waals surface area contributed by atoms with Crippen molar-refractivity contribution in [1.82, 2.24) is 15.1 Å². The molecule has 4 rings (SSSR count). The van der Waals surface area contributed by atoms with Crippen LogP contribution >= 0.6 is 0 Å². The molecule has 0 saturated carbocycles. The maximum absolute atomic E-state index is 12.3. The molecule has 0 radical (unpaired) electrons. The Morgan fingerprint density at radius 2 is 2.10 bits per heavy atom. The summed E-state index contributed by atoms with van der Waals surface area (Å²) in [5, 5.41) is 3.59. The average molecular weight is 271 g/mol. The van der Waals surface area contributed by atoms with E-state index >= 15 is 0 Å². The minimum atomic E-state index is -0.0561. The predicted octanol–water partition coefficient (Wildman–Crippen LogP) is 0.171. The number of nitrogens with one attached hydrogen (secondary N) is 1. The summed E-state index contributed by atoms with van der Waals surface area (Å²) in [5.74, 6) is -0.0472. The molecule has 20 heavy (non-hydrogen) atoms. The number of rotatable bonds is 0. The molecule has 1 fully saturated rings. The number of hydrogen-bond acceptors (Lipinski definition) is 3. The minimum Gasteiger partial charge on any atom is -0.331 e. The van der Waals surface area contributed by atoms with E-state index in [9.17, 15) is 9.59 Å².